The van der Waals surface area contributed by atoms with E-state index in [1.165, 1.54) is 0 Å². The number of rotatable bonds is 1. The van der Waals surface area contributed by atoms with Crippen LogP contribution in [0.1, 0.15) is 11.9 Å². The third-order valence-electron chi connectivity index (χ3n) is 4.04. The molecule has 112 valence electrons. The normalized spacial score (nSPS) is 17.0. The second-order valence-electron chi connectivity index (χ2n) is 5.49. The molecule has 0 amide bonds. The molecule has 0 saturated carbocycles. The topological polar surface area (TPSA) is 81.4 Å². The average molecular weight is 303 g/mol. The smallest absolute Gasteiger partial charge is 0.212 e. The summed E-state index contributed by atoms with van der Waals surface area (Å²) < 4.78 is 8.00. The zero-order valence-corrected chi connectivity index (χ0v) is 12.1. The number of hydrogen-bond donors (Lipinski definition) is 2. The van der Waals surface area contributed by atoms with Crippen molar-refractivity contribution in [3.05, 3.63) is 60.4 Å². The Morgan fingerprint density at radius 1 is 1.09 bits per heavy atom. The minimum atomic E-state index is -0.369. The summed E-state index contributed by atoms with van der Waals surface area (Å²) in [4.78, 5) is 9.11. The predicted molar refractivity (Wildman–Crippen MR) is 89.3 cm³/mol. The number of nitrogens with one attached hydrogen (secondary N) is 1. The van der Waals surface area contributed by atoms with Crippen LogP contribution in [0.5, 0.6) is 0 Å². The van der Waals surface area contributed by atoms with Crippen LogP contribution in [0.25, 0.3) is 22.0 Å². The van der Waals surface area contributed by atoms with Crippen LogP contribution >= 0.6 is 0 Å². The van der Waals surface area contributed by atoms with Gasteiger partial charge < -0.3 is 10.2 Å². The van der Waals surface area contributed by atoms with Crippen LogP contribution in [-0.4, -0.2) is 15.5 Å². The lowest BCUT2D eigenvalue weighted by molar-refractivity contribution is 0.465. The van der Waals surface area contributed by atoms with Crippen molar-refractivity contribution in [1.82, 2.24) is 9.55 Å². The van der Waals surface area contributed by atoms with Gasteiger partial charge in [-0.25, -0.2) is 9.98 Å². The van der Waals surface area contributed by atoms with Gasteiger partial charge in [-0.1, -0.05) is 30.3 Å². The monoisotopic (exact) mass is 303 g/mol. The second kappa shape index (κ2) is 4.36. The fourth-order valence-corrected chi connectivity index (χ4v) is 3.04. The number of anilines is 1. The first-order chi connectivity index (χ1) is 11.3. The maximum atomic E-state index is 5.99. The van der Waals surface area contributed by atoms with E-state index >= 15 is 0 Å². The Morgan fingerprint density at radius 3 is 2.83 bits per heavy atom. The van der Waals surface area contributed by atoms with E-state index in [0.717, 1.165) is 27.8 Å². The number of imidazole rings is 1. The Labute approximate surface area is 131 Å². The van der Waals surface area contributed by atoms with Gasteiger partial charge in [-0.2, -0.15) is 0 Å². The molecule has 0 fully saturated rings. The molecule has 23 heavy (non-hydrogen) atoms. The third kappa shape index (κ3) is 1.75. The van der Waals surface area contributed by atoms with Crippen LogP contribution in [0, 0.1) is 0 Å². The molecule has 0 saturated heterocycles. The van der Waals surface area contributed by atoms with Crippen LogP contribution < -0.4 is 11.1 Å². The van der Waals surface area contributed by atoms with E-state index in [2.05, 4.69) is 15.3 Å². The Kier molecular flexibility index (Phi) is 2.33. The number of benzene rings is 2. The number of para-hydroxylation sites is 3. The highest BCUT2D eigenvalue weighted by Crippen LogP contribution is 2.34. The lowest BCUT2D eigenvalue weighted by atomic mass is 10.2. The third-order valence-corrected chi connectivity index (χ3v) is 4.04. The summed E-state index contributed by atoms with van der Waals surface area (Å²) in [6, 6.07) is 17.8. The summed E-state index contributed by atoms with van der Waals surface area (Å²) in [6.45, 7) is 0. The summed E-state index contributed by atoms with van der Waals surface area (Å²) in [5.74, 6) is 1.74. The van der Waals surface area contributed by atoms with Gasteiger partial charge in [0.05, 0.1) is 11.0 Å². The molecule has 3 N–H and O–H groups in total. The molecule has 6 nitrogen and oxygen atoms in total. The molecular weight excluding hydrogens is 290 g/mol. The van der Waals surface area contributed by atoms with Gasteiger partial charge >= 0.3 is 0 Å². The first-order valence-corrected chi connectivity index (χ1v) is 7.35. The lowest BCUT2D eigenvalue weighted by Crippen LogP contribution is -2.31. The zero-order chi connectivity index (χ0) is 15.4. The van der Waals surface area contributed by atoms with E-state index in [1.54, 1.807) is 0 Å². The molecule has 1 aliphatic heterocycles. The van der Waals surface area contributed by atoms with Gasteiger partial charge in [0.15, 0.2) is 17.9 Å². The molecule has 6 heteroatoms. The van der Waals surface area contributed by atoms with Gasteiger partial charge in [0.25, 0.3) is 0 Å². The van der Waals surface area contributed by atoms with Crippen LogP contribution in [0.15, 0.2) is 64.0 Å². The van der Waals surface area contributed by atoms with Crippen LogP contribution in [0.3, 0.4) is 0 Å². The Balaban J connectivity index is 1.77. The van der Waals surface area contributed by atoms with Crippen LogP contribution in [0.4, 0.5) is 5.95 Å². The van der Waals surface area contributed by atoms with E-state index in [-0.39, 0.29) is 6.17 Å². The van der Waals surface area contributed by atoms with Crippen LogP contribution in [-0.2, 0) is 0 Å². The molecule has 0 radical (unpaired) electrons. The molecule has 0 bridgehead atoms. The Bertz CT molecular complexity index is 1040. The Morgan fingerprint density at radius 2 is 1.91 bits per heavy atom. The molecule has 2 aromatic carbocycles. The molecule has 1 aliphatic rings. The number of guanidine groups is 1. The van der Waals surface area contributed by atoms with Gasteiger partial charge in [-0.05, 0) is 24.3 Å². The lowest BCUT2D eigenvalue weighted by Gasteiger charge is -2.21. The first kappa shape index (κ1) is 12.3. The summed E-state index contributed by atoms with van der Waals surface area (Å²) in [5, 5.41) is 4.06. The highest BCUT2D eigenvalue weighted by Gasteiger charge is 2.27. The van der Waals surface area contributed by atoms with Gasteiger partial charge in [-0.15, -0.1) is 0 Å². The minimum Gasteiger partial charge on any atom is -0.457 e. The first-order valence-electron chi connectivity index (χ1n) is 7.35. The summed E-state index contributed by atoms with van der Waals surface area (Å²) in [6.07, 6.45) is -0.369. The van der Waals surface area contributed by atoms with Crippen molar-refractivity contribution in [2.75, 3.05) is 5.32 Å². The average Bonchev–Trinajstić information content (AvgIpc) is 3.14. The summed E-state index contributed by atoms with van der Waals surface area (Å²) >= 11 is 0. The van der Waals surface area contributed by atoms with E-state index in [0.29, 0.717) is 11.9 Å². The Hall–Kier alpha value is -3.28. The van der Waals surface area contributed by atoms with Gasteiger partial charge in [0.2, 0.25) is 5.95 Å². The number of aliphatic imine (C=N–C) groups is 1. The fraction of sp³-hybridized carbons (Fsp3) is 0.0588. The molecule has 1 unspecified atom stereocenters. The SMILES string of the molecule is NC1=NC(c2cc3ccccc3o2)n2c(nc3ccccc32)N1. The number of aromatic nitrogens is 2. The highest BCUT2D eigenvalue weighted by atomic mass is 16.3. The van der Waals surface area contributed by atoms with Crippen molar-refractivity contribution in [3.8, 4) is 0 Å². The van der Waals surface area contributed by atoms with Crippen molar-refractivity contribution in [2.45, 2.75) is 6.17 Å². The molecule has 0 aliphatic carbocycles. The summed E-state index contributed by atoms with van der Waals surface area (Å²) in [5.41, 5.74) is 8.64. The van der Waals surface area contributed by atoms with E-state index in [4.69, 9.17) is 10.2 Å². The van der Waals surface area contributed by atoms with Gasteiger partial charge in [0, 0.05) is 5.39 Å². The zero-order valence-electron chi connectivity index (χ0n) is 12.1. The number of furan rings is 1. The van der Waals surface area contributed by atoms with Crippen LogP contribution in [0.2, 0.25) is 0 Å². The standard InChI is InChI=1S/C17H13N5O/c18-16-20-15(14-9-10-5-1-4-8-13(10)23-14)22-12-7-3-2-6-11(12)19-17(22)21-16/h1-9,15H,(H3,18,19,20,21). The number of nitrogens with two attached hydrogens (primary N) is 1. The fourth-order valence-electron chi connectivity index (χ4n) is 3.04. The van der Waals surface area contributed by atoms with Crippen molar-refractivity contribution in [3.63, 3.8) is 0 Å². The largest absolute Gasteiger partial charge is 0.457 e. The molecule has 3 heterocycles. The van der Waals surface area contributed by atoms with E-state index in [1.807, 2.05) is 59.2 Å². The summed E-state index contributed by atoms with van der Waals surface area (Å²) in [7, 11) is 0. The van der Waals surface area contributed by atoms with Crippen molar-refractivity contribution < 1.29 is 4.42 Å². The second-order valence-corrected chi connectivity index (χ2v) is 5.49. The van der Waals surface area contributed by atoms with E-state index in [9.17, 15) is 0 Å². The van der Waals surface area contributed by atoms with Gasteiger partial charge in [-0.3, -0.25) is 9.88 Å². The van der Waals surface area contributed by atoms with Crippen molar-refractivity contribution in [2.24, 2.45) is 10.7 Å². The maximum absolute atomic E-state index is 5.99. The van der Waals surface area contributed by atoms with Crippen molar-refractivity contribution >= 4 is 33.9 Å². The molecule has 5 rings (SSSR count). The van der Waals surface area contributed by atoms with Gasteiger partial charge in [0.1, 0.15) is 5.58 Å². The minimum absolute atomic E-state index is 0.332. The highest BCUT2D eigenvalue weighted by molar-refractivity contribution is 5.94. The predicted octanol–water partition coefficient (Wildman–Crippen LogP) is 3.07. The number of fused-ring (bicyclic) bond motifs is 4. The van der Waals surface area contributed by atoms with Crippen molar-refractivity contribution in [1.29, 1.82) is 0 Å². The number of nitrogens with zero attached hydrogens (tertiary/aromatic N) is 3. The molecule has 4 aromatic rings. The molecule has 0 spiro atoms. The molecule has 2 aromatic heterocycles. The van der Waals surface area contributed by atoms with E-state index < -0.39 is 0 Å². The molecule has 1 atom stereocenters. The number of hydrogen-bond acceptors (Lipinski definition) is 5. The molecular formula is C17H13N5O. The maximum Gasteiger partial charge on any atom is 0.212 e. The quantitative estimate of drug-likeness (QED) is 0.566.